The van der Waals surface area contributed by atoms with Gasteiger partial charge in [0.25, 0.3) is 10.0 Å². The molecule has 0 spiro atoms. The number of benzene rings is 2. The lowest BCUT2D eigenvalue weighted by Crippen LogP contribution is -2.19. The number of hydrogen-bond donors (Lipinski definition) is 1. The zero-order valence-electron chi connectivity index (χ0n) is 14.8. The van der Waals surface area contributed by atoms with Crippen LogP contribution in [0.1, 0.15) is 5.56 Å². The average Bonchev–Trinajstić information content (AvgIpc) is 2.56. The Morgan fingerprint density at radius 1 is 1.07 bits per heavy atom. The summed E-state index contributed by atoms with van der Waals surface area (Å²) in [6.07, 6.45) is -4.63. The number of anilines is 1. The maximum Gasteiger partial charge on any atom is 0.416 e. The maximum atomic E-state index is 12.7. The van der Waals surface area contributed by atoms with Gasteiger partial charge in [0.15, 0.2) is 0 Å². The van der Waals surface area contributed by atoms with E-state index in [1.54, 1.807) is 0 Å². The van der Waals surface area contributed by atoms with Crippen molar-refractivity contribution in [2.75, 3.05) is 32.0 Å². The van der Waals surface area contributed by atoms with Gasteiger partial charge in [-0.15, -0.1) is 0 Å². The highest BCUT2D eigenvalue weighted by Gasteiger charge is 2.32. The van der Waals surface area contributed by atoms with E-state index in [1.807, 2.05) is 19.0 Å². The molecule has 0 bridgehead atoms. The van der Waals surface area contributed by atoms with Crippen LogP contribution in [0, 0.1) is 0 Å². The van der Waals surface area contributed by atoms with Crippen molar-refractivity contribution in [2.45, 2.75) is 11.1 Å². The zero-order valence-corrected chi connectivity index (χ0v) is 17.2. The topological polar surface area (TPSA) is 58.6 Å². The van der Waals surface area contributed by atoms with Crippen LogP contribution in [0.2, 0.25) is 10.0 Å². The predicted octanol–water partition coefficient (Wildman–Crippen LogP) is 4.75. The van der Waals surface area contributed by atoms with Crippen LogP contribution < -0.4 is 9.46 Å². The molecule has 1 N–H and O–H groups in total. The highest BCUT2D eigenvalue weighted by Crippen LogP contribution is 2.34. The first kappa shape index (κ1) is 22.6. The van der Waals surface area contributed by atoms with Crippen LogP contribution in [0.3, 0.4) is 0 Å². The molecule has 0 aliphatic heterocycles. The number of nitrogens with zero attached hydrogens (tertiary/aromatic N) is 1. The molecule has 0 aliphatic rings. The van der Waals surface area contributed by atoms with E-state index in [0.717, 1.165) is 6.07 Å². The third kappa shape index (κ3) is 5.91. The van der Waals surface area contributed by atoms with Crippen LogP contribution in [-0.2, 0) is 16.2 Å². The molecule has 0 saturated heterocycles. The van der Waals surface area contributed by atoms with Crippen LogP contribution in [0.5, 0.6) is 5.75 Å². The molecule has 0 aliphatic carbocycles. The predicted molar refractivity (Wildman–Crippen MR) is 103 cm³/mol. The highest BCUT2D eigenvalue weighted by atomic mass is 35.5. The third-order valence-electron chi connectivity index (χ3n) is 3.53. The van der Waals surface area contributed by atoms with E-state index in [1.165, 1.54) is 18.2 Å². The lowest BCUT2D eigenvalue weighted by Gasteiger charge is -2.15. The van der Waals surface area contributed by atoms with Crippen LogP contribution >= 0.6 is 23.2 Å². The Labute approximate surface area is 171 Å². The summed E-state index contributed by atoms with van der Waals surface area (Å²) in [5, 5.41) is -0.256. The van der Waals surface area contributed by atoms with Gasteiger partial charge in [-0.1, -0.05) is 23.2 Å². The minimum Gasteiger partial charge on any atom is -0.491 e. The number of ether oxygens (including phenoxy) is 1. The molecule has 0 radical (unpaired) electrons. The second-order valence-corrected chi connectivity index (χ2v) is 8.51. The van der Waals surface area contributed by atoms with Crippen LogP contribution in [0.15, 0.2) is 41.3 Å². The van der Waals surface area contributed by atoms with Gasteiger partial charge < -0.3 is 9.64 Å². The summed E-state index contributed by atoms with van der Waals surface area (Å²) >= 11 is 11.8. The quantitative estimate of drug-likeness (QED) is 0.652. The van der Waals surface area contributed by atoms with Gasteiger partial charge in [-0.05, 0) is 44.4 Å². The number of rotatable bonds is 7. The molecule has 0 fully saturated rings. The minimum absolute atomic E-state index is 0.125. The highest BCUT2D eigenvalue weighted by molar-refractivity contribution is 7.92. The zero-order chi connectivity index (χ0) is 21.1. The van der Waals surface area contributed by atoms with Gasteiger partial charge >= 0.3 is 6.18 Å². The molecule has 0 aromatic heterocycles. The van der Waals surface area contributed by atoms with E-state index >= 15 is 0 Å². The van der Waals surface area contributed by atoms with Crippen molar-refractivity contribution in [1.82, 2.24) is 4.90 Å². The Morgan fingerprint density at radius 3 is 2.32 bits per heavy atom. The standard InChI is InChI=1S/C17H17Cl2F3N2O3S/c1-24(2)7-8-27-15-10-12(4-5-13(15)18)23-28(25,26)16-6-3-11(9-14(16)19)17(20,21)22/h3-6,9-10,23H,7-8H2,1-2H3. The summed E-state index contributed by atoms with van der Waals surface area (Å²) in [7, 11) is -0.497. The number of hydrogen-bond acceptors (Lipinski definition) is 4. The van der Waals surface area contributed by atoms with E-state index in [2.05, 4.69) is 4.72 Å². The molecule has 2 aromatic rings. The van der Waals surface area contributed by atoms with Crippen LogP contribution in [0.25, 0.3) is 0 Å². The molecule has 2 aromatic carbocycles. The Balaban J connectivity index is 2.24. The van der Waals surface area contributed by atoms with Gasteiger partial charge in [-0.2, -0.15) is 13.2 Å². The lowest BCUT2D eigenvalue weighted by atomic mass is 10.2. The first-order valence-electron chi connectivity index (χ1n) is 7.87. The smallest absolute Gasteiger partial charge is 0.416 e. The van der Waals surface area contributed by atoms with Crippen molar-refractivity contribution in [3.05, 3.63) is 52.0 Å². The van der Waals surface area contributed by atoms with Crippen LogP contribution in [-0.4, -0.2) is 40.6 Å². The molecule has 154 valence electrons. The van der Waals surface area contributed by atoms with E-state index < -0.39 is 31.7 Å². The molecule has 0 atom stereocenters. The fourth-order valence-corrected chi connectivity index (χ4v) is 3.89. The fourth-order valence-electron chi connectivity index (χ4n) is 2.12. The Kier molecular flexibility index (Phi) is 7.08. The van der Waals surface area contributed by atoms with Gasteiger partial charge in [0.1, 0.15) is 17.3 Å². The van der Waals surface area contributed by atoms with Crippen molar-refractivity contribution < 1.29 is 26.3 Å². The number of likely N-dealkylation sites (N-methyl/N-ethyl adjacent to an activating group) is 1. The fraction of sp³-hybridized carbons (Fsp3) is 0.294. The Hall–Kier alpha value is -1.68. The van der Waals surface area contributed by atoms with Gasteiger partial charge in [0.2, 0.25) is 0 Å². The summed E-state index contributed by atoms with van der Waals surface area (Å²) in [6, 6.07) is 6.24. The van der Waals surface area contributed by atoms with Crippen molar-refractivity contribution >= 4 is 38.9 Å². The molecule has 2 rings (SSSR count). The first-order valence-corrected chi connectivity index (χ1v) is 10.1. The van der Waals surface area contributed by atoms with Crippen LogP contribution in [0.4, 0.5) is 18.9 Å². The van der Waals surface area contributed by atoms with Crippen molar-refractivity contribution in [3.63, 3.8) is 0 Å². The largest absolute Gasteiger partial charge is 0.491 e. The second-order valence-electron chi connectivity index (χ2n) is 6.05. The van der Waals surface area contributed by atoms with Crippen molar-refractivity contribution in [1.29, 1.82) is 0 Å². The van der Waals surface area contributed by atoms with Gasteiger partial charge in [0.05, 0.1) is 21.3 Å². The summed E-state index contributed by atoms with van der Waals surface area (Å²) in [4.78, 5) is 1.42. The molecule has 0 unspecified atom stereocenters. The molecule has 0 saturated carbocycles. The van der Waals surface area contributed by atoms with E-state index in [-0.39, 0.29) is 16.5 Å². The Bertz CT molecular complexity index is 951. The first-order chi connectivity index (χ1) is 12.9. The number of nitrogens with one attached hydrogen (secondary N) is 1. The summed E-state index contributed by atoms with van der Waals surface area (Å²) in [6.45, 7) is 0.946. The molecule has 0 amide bonds. The van der Waals surface area contributed by atoms with Crippen molar-refractivity contribution in [3.8, 4) is 5.75 Å². The maximum absolute atomic E-state index is 12.7. The van der Waals surface area contributed by atoms with E-state index in [0.29, 0.717) is 25.3 Å². The molecular formula is C17H17Cl2F3N2O3S. The number of sulfonamides is 1. The van der Waals surface area contributed by atoms with Gasteiger partial charge in [-0.25, -0.2) is 8.42 Å². The van der Waals surface area contributed by atoms with Gasteiger partial charge in [0, 0.05) is 12.6 Å². The normalized spacial score (nSPS) is 12.3. The number of halogens is 5. The lowest BCUT2D eigenvalue weighted by molar-refractivity contribution is -0.137. The average molecular weight is 457 g/mol. The molecule has 5 nitrogen and oxygen atoms in total. The molecule has 28 heavy (non-hydrogen) atoms. The SMILES string of the molecule is CN(C)CCOc1cc(NS(=O)(=O)c2ccc(C(F)(F)F)cc2Cl)ccc1Cl. The monoisotopic (exact) mass is 456 g/mol. The number of alkyl halides is 3. The summed E-state index contributed by atoms with van der Waals surface area (Å²) in [5.74, 6) is 0.266. The van der Waals surface area contributed by atoms with E-state index in [9.17, 15) is 21.6 Å². The minimum atomic E-state index is -4.63. The third-order valence-corrected chi connectivity index (χ3v) is 5.70. The molecule has 0 heterocycles. The second kappa shape index (κ2) is 8.77. The summed E-state index contributed by atoms with van der Waals surface area (Å²) < 4.78 is 71.0. The Morgan fingerprint density at radius 2 is 1.75 bits per heavy atom. The molecular weight excluding hydrogens is 440 g/mol. The van der Waals surface area contributed by atoms with Crippen molar-refractivity contribution in [2.24, 2.45) is 0 Å². The van der Waals surface area contributed by atoms with Gasteiger partial charge in [-0.3, -0.25) is 4.72 Å². The summed E-state index contributed by atoms with van der Waals surface area (Å²) in [5.41, 5.74) is -0.917. The van der Waals surface area contributed by atoms with E-state index in [4.69, 9.17) is 27.9 Å². The molecule has 11 heteroatoms.